The molecule has 1 saturated heterocycles. The molecule has 0 bridgehead atoms. The van der Waals surface area contributed by atoms with Gasteiger partial charge in [-0.1, -0.05) is 27.5 Å². The number of rotatable bonds is 4. The summed E-state index contributed by atoms with van der Waals surface area (Å²) >= 11 is 9.38. The standard InChI is InChI=1S/C19H20BrClN4O2S/c20-15-2-5-18(6-3-15)28(26,27)25-9-1-8-23(10-11-25)13-17-14-24-12-16(21)4-7-19(24)22-17/h2-7,12,14H,1,8-11,13H2. The molecular weight excluding hydrogens is 464 g/mol. The van der Waals surface area contributed by atoms with E-state index in [1.165, 1.54) is 0 Å². The molecule has 3 aromatic rings. The van der Waals surface area contributed by atoms with Gasteiger partial charge in [-0.15, -0.1) is 0 Å². The van der Waals surface area contributed by atoms with Crippen molar-refractivity contribution >= 4 is 43.2 Å². The Morgan fingerprint density at radius 2 is 1.79 bits per heavy atom. The van der Waals surface area contributed by atoms with Crippen molar-refractivity contribution in [3.8, 4) is 0 Å². The van der Waals surface area contributed by atoms with Crippen molar-refractivity contribution in [1.82, 2.24) is 18.6 Å². The predicted molar refractivity (Wildman–Crippen MR) is 113 cm³/mol. The van der Waals surface area contributed by atoms with E-state index in [1.807, 2.05) is 28.9 Å². The monoisotopic (exact) mass is 482 g/mol. The molecule has 0 unspecified atom stereocenters. The van der Waals surface area contributed by atoms with Gasteiger partial charge >= 0.3 is 0 Å². The lowest BCUT2D eigenvalue weighted by molar-refractivity contribution is 0.276. The van der Waals surface area contributed by atoms with E-state index in [2.05, 4.69) is 25.8 Å². The van der Waals surface area contributed by atoms with Crippen molar-refractivity contribution in [3.63, 3.8) is 0 Å². The summed E-state index contributed by atoms with van der Waals surface area (Å²) in [6.07, 6.45) is 4.60. The molecule has 148 valence electrons. The highest BCUT2D eigenvalue weighted by Crippen LogP contribution is 2.21. The molecule has 6 nitrogen and oxygen atoms in total. The first-order valence-electron chi connectivity index (χ1n) is 9.03. The molecule has 0 spiro atoms. The van der Waals surface area contributed by atoms with Gasteiger partial charge in [0.05, 0.1) is 15.6 Å². The second-order valence-electron chi connectivity index (χ2n) is 6.83. The highest BCUT2D eigenvalue weighted by Gasteiger charge is 2.27. The molecule has 1 fully saturated rings. The van der Waals surface area contributed by atoms with Crippen molar-refractivity contribution in [3.05, 3.63) is 64.0 Å². The van der Waals surface area contributed by atoms with E-state index < -0.39 is 10.0 Å². The Hall–Kier alpha value is -1.45. The van der Waals surface area contributed by atoms with Crippen molar-refractivity contribution in [2.24, 2.45) is 0 Å². The smallest absolute Gasteiger partial charge is 0.243 e. The molecule has 3 heterocycles. The van der Waals surface area contributed by atoms with Crippen LogP contribution in [0.1, 0.15) is 12.1 Å². The zero-order valence-electron chi connectivity index (χ0n) is 15.1. The topological polar surface area (TPSA) is 57.9 Å². The van der Waals surface area contributed by atoms with Crippen molar-refractivity contribution < 1.29 is 8.42 Å². The summed E-state index contributed by atoms with van der Waals surface area (Å²) in [6, 6.07) is 10.5. The van der Waals surface area contributed by atoms with Crippen molar-refractivity contribution in [2.75, 3.05) is 26.2 Å². The fourth-order valence-corrected chi connectivity index (χ4v) is 5.33. The number of nitrogens with zero attached hydrogens (tertiary/aromatic N) is 4. The first-order chi connectivity index (χ1) is 13.4. The Kier molecular flexibility index (Phi) is 5.76. The highest BCUT2D eigenvalue weighted by molar-refractivity contribution is 9.10. The van der Waals surface area contributed by atoms with Gasteiger partial charge in [-0.25, -0.2) is 13.4 Å². The van der Waals surface area contributed by atoms with Crippen LogP contribution in [-0.2, 0) is 16.6 Å². The maximum Gasteiger partial charge on any atom is 0.243 e. The van der Waals surface area contributed by atoms with Gasteiger partial charge in [0.15, 0.2) is 0 Å². The average molecular weight is 484 g/mol. The maximum atomic E-state index is 12.9. The highest BCUT2D eigenvalue weighted by atomic mass is 79.9. The van der Waals surface area contributed by atoms with Gasteiger partial charge in [-0.05, 0) is 49.4 Å². The summed E-state index contributed by atoms with van der Waals surface area (Å²) in [6.45, 7) is 3.18. The van der Waals surface area contributed by atoms with Gasteiger partial charge in [0.1, 0.15) is 5.65 Å². The van der Waals surface area contributed by atoms with Gasteiger partial charge < -0.3 is 4.40 Å². The van der Waals surface area contributed by atoms with E-state index in [-0.39, 0.29) is 0 Å². The first kappa shape index (κ1) is 19.8. The van der Waals surface area contributed by atoms with Crippen molar-refractivity contribution in [1.29, 1.82) is 0 Å². The fourth-order valence-electron chi connectivity index (χ4n) is 3.42. The number of imidazole rings is 1. The normalized spacial score (nSPS) is 17.1. The summed E-state index contributed by atoms with van der Waals surface area (Å²) in [4.78, 5) is 7.21. The minimum Gasteiger partial charge on any atom is -0.305 e. The average Bonchev–Trinajstić information content (AvgIpc) is 2.89. The Labute approximate surface area is 177 Å². The molecule has 1 aliphatic rings. The van der Waals surface area contributed by atoms with E-state index in [1.54, 1.807) is 28.6 Å². The van der Waals surface area contributed by atoms with Crippen LogP contribution in [0.15, 0.2) is 58.2 Å². The van der Waals surface area contributed by atoms with Gasteiger partial charge in [-0.2, -0.15) is 4.31 Å². The Bertz CT molecular complexity index is 1090. The second-order valence-corrected chi connectivity index (χ2v) is 10.1. The predicted octanol–water partition coefficient (Wildman–Crippen LogP) is 3.65. The third-order valence-corrected chi connectivity index (χ3v) is 7.51. The SMILES string of the molecule is O=S(=O)(c1ccc(Br)cc1)N1CCCN(Cc2cn3cc(Cl)ccc3n2)CC1. The van der Waals surface area contributed by atoms with Crippen LogP contribution >= 0.6 is 27.5 Å². The summed E-state index contributed by atoms with van der Waals surface area (Å²) in [5, 5.41) is 0.667. The summed E-state index contributed by atoms with van der Waals surface area (Å²) in [5.74, 6) is 0. The molecule has 0 atom stereocenters. The molecule has 0 radical (unpaired) electrons. The molecule has 1 aromatic carbocycles. The molecule has 0 amide bonds. The van der Waals surface area contributed by atoms with Gasteiger partial charge in [0.25, 0.3) is 0 Å². The largest absolute Gasteiger partial charge is 0.305 e. The Morgan fingerprint density at radius 1 is 1.00 bits per heavy atom. The van der Waals surface area contributed by atoms with E-state index in [4.69, 9.17) is 11.6 Å². The number of benzene rings is 1. The molecule has 0 N–H and O–H groups in total. The number of hydrogen-bond acceptors (Lipinski definition) is 4. The third kappa shape index (κ3) is 4.26. The number of fused-ring (bicyclic) bond motifs is 1. The van der Waals surface area contributed by atoms with Crippen molar-refractivity contribution in [2.45, 2.75) is 17.9 Å². The molecule has 0 aliphatic carbocycles. The Morgan fingerprint density at radius 3 is 2.57 bits per heavy atom. The number of hydrogen-bond donors (Lipinski definition) is 0. The second kappa shape index (κ2) is 8.12. The van der Waals surface area contributed by atoms with E-state index in [9.17, 15) is 8.42 Å². The molecule has 1 aliphatic heterocycles. The van der Waals surface area contributed by atoms with E-state index in [0.29, 0.717) is 36.1 Å². The zero-order valence-corrected chi connectivity index (χ0v) is 18.3. The van der Waals surface area contributed by atoms with E-state index in [0.717, 1.165) is 28.8 Å². The quantitative estimate of drug-likeness (QED) is 0.568. The zero-order chi connectivity index (χ0) is 19.7. The lowest BCUT2D eigenvalue weighted by atomic mass is 10.3. The molecular formula is C19H20BrClN4O2S. The molecule has 28 heavy (non-hydrogen) atoms. The maximum absolute atomic E-state index is 12.9. The van der Waals surface area contributed by atoms with E-state index >= 15 is 0 Å². The minimum absolute atomic E-state index is 0.335. The summed E-state index contributed by atoms with van der Waals surface area (Å²) < 4.78 is 30.2. The van der Waals surface area contributed by atoms with Crippen LogP contribution in [0.5, 0.6) is 0 Å². The first-order valence-corrected chi connectivity index (χ1v) is 11.6. The van der Waals surface area contributed by atoms with Gasteiger partial charge in [0.2, 0.25) is 10.0 Å². The van der Waals surface area contributed by atoms with Crippen LogP contribution in [0, 0.1) is 0 Å². The molecule has 9 heteroatoms. The van der Waals surface area contributed by atoms with Crippen LogP contribution in [0.4, 0.5) is 0 Å². The number of aromatic nitrogens is 2. The van der Waals surface area contributed by atoms with Crippen LogP contribution in [-0.4, -0.2) is 53.2 Å². The third-order valence-electron chi connectivity index (χ3n) is 4.85. The van der Waals surface area contributed by atoms with Crippen LogP contribution < -0.4 is 0 Å². The van der Waals surface area contributed by atoms with Crippen LogP contribution in [0.2, 0.25) is 5.02 Å². The lowest BCUT2D eigenvalue weighted by Crippen LogP contribution is -2.35. The molecule has 2 aromatic heterocycles. The molecule has 4 rings (SSSR count). The van der Waals surface area contributed by atoms with Crippen LogP contribution in [0.25, 0.3) is 5.65 Å². The molecule has 0 saturated carbocycles. The fraction of sp³-hybridized carbons (Fsp3) is 0.316. The van der Waals surface area contributed by atoms with Gasteiger partial charge in [-0.3, -0.25) is 4.90 Å². The van der Waals surface area contributed by atoms with Crippen LogP contribution in [0.3, 0.4) is 0 Å². The summed E-state index contributed by atoms with van der Waals surface area (Å²) in [7, 11) is -3.47. The Balaban J connectivity index is 1.45. The minimum atomic E-state index is -3.47. The number of halogens is 2. The number of sulfonamides is 1. The number of pyridine rings is 1. The summed E-state index contributed by atoms with van der Waals surface area (Å²) in [5.41, 5.74) is 1.81. The van der Waals surface area contributed by atoms with Gasteiger partial charge in [0, 0.05) is 43.0 Å². The lowest BCUT2D eigenvalue weighted by Gasteiger charge is -2.21.